The summed E-state index contributed by atoms with van der Waals surface area (Å²) >= 11 is 1.66. The Hall–Kier alpha value is -0.450. The summed E-state index contributed by atoms with van der Waals surface area (Å²) in [5.74, 6) is 0. The van der Waals surface area contributed by atoms with E-state index >= 15 is 0 Å². The number of thiazole rings is 1. The lowest BCUT2D eigenvalue weighted by Crippen LogP contribution is -2.38. The van der Waals surface area contributed by atoms with Gasteiger partial charge in [-0.3, -0.25) is 0 Å². The molecule has 1 atom stereocenters. The zero-order valence-electron chi connectivity index (χ0n) is 9.15. The van der Waals surface area contributed by atoms with Crippen LogP contribution in [0.25, 0.3) is 0 Å². The zero-order chi connectivity index (χ0) is 10.7. The van der Waals surface area contributed by atoms with Crippen molar-refractivity contribution in [2.75, 3.05) is 0 Å². The van der Waals surface area contributed by atoms with E-state index in [2.05, 4.69) is 22.6 Å². The van der Waals surface area contributed by atoms with E-state index < -0.39 is 0 Å². The van der Waals surface area contributed by atoms with Crippen LogP contribution < -0.4 is 11.1 Å². The fourth-order valence-electron chi connectivity index (χ4n) is 2.16. The van der Waals surface area contributed by atoms with Crippen LogP contribution in [0.1, 0.15) is 44.3 Å². The molecule has 0 radical (unpaired) electrons. The predicted molar refractivity (Wildman–Crippen MR) is 63.9 cm³/mol. The Morgan fingerprint density at radius 2 is 2.20 bits per heavy atom. The first-order chi connectivity index (χ1) is 7.25. The second-order valence-electron chi connectivity index (χ2n) is 4.41. The fourth-order valence-corrected chi connectivity index (χ4v) is 2.81. The number of hydrogen-bond acceptors (Lipinski definition) is 4. The highest BCUT2D eigenvalue weighted by Crippen LogP contribution is 2.20. The van der Waals surface area contributed by atoms with Crippen molar-refractivity contribution < 1.29 is 0 Å². The Labute approximate surface area is 95.1 Å². The molecule has 1 aromatic heterocycles. The van der Waals surface area contributed by atoms with Crippen molar-refractivity contribution in [2.45, 2.75) is 50.7 Å². The van der Waals surface area contributed by atoms with Crippen LogP contribution in [0.15, 0.2) is 10.9 Å². The van der Waals surface area contributed by atoms with E-state index in [9.17, 15) is 0 Å². The van der Waals surface area contributed by atoms with Gasteiger partial charge in [-0.25, -0.2) is 4.98 Å². The number of rotatable bonds is 3. The van der Waals surface area contributed by atoms with E-state index in [1.54, 1.807) is 11.3 Å². The van der Waals surface area contributed by atoms with Gasteiger partial charge in [0.05, 0.1) is 11.2 Å². The highest BCUT2D eigenvalue weighted by molar-refractivity contribution is 7.07. The molecule has 15 heavy (non-hydrogen) atoms. The molecule has 2 rings (SSSR count). The molecular formula is C11H19N3S. The van der Waals surface area contributed by atoms with Gasteiger partial charge >= 0.3 is 0 Å². The third kappa shape index (κ3) is 3.00. The van der Waals surface area contributed by atoms with Gasteiger partial charge in [-0.05, 0) is 32.6 Å². The molecule has 1 unspecified atom stereocenters. The number of hydrogen-bond donors (Lipinski definition) is 2. The first-order valence-electron chi connectivity index (χ1n) is 5.65. The van der Waals surface area contributed by atoms with Crippen LogP contribution in [0.4, 0.5) is 0 Å². The quantitative estimate of drug-likeness (QED) is 0.828. The number of nitrogens with one attached hydrogen (secondary N) is 1. The first kappa shape index (κ1) is 11.0. The van der Waals surface area contributed by atoms with Crippen LogP contribution in [-0.2, 0) is 0 Å². The molecule has 0 saturated heterocycles. The first-order valence-corrected chi connectivity index (χ1v) is 6.59. The molecule has 1 aliphatic rings. The molecule has 1 aliphatic carbocycles. The summed E-state index contributed by atoms with van der Waals surface area (Å²) in [4.78, 5) is 4.33. The number of nitrogens with two attached hydrogens (primary N) is 1. The summed E-state index contributed by atoms with van der Waals surface area (Å²) in [5.41, 5.74) is 8.94. The lowest BCUT2D eigenvalue weighted by molar-refractivity contribution is 0.320. The van der Waals surface area contributed by atoms with Crippen molar-refractivity contribution in [2.24, 2.45) is 5.73 Å². The minimum atomic E-state index is 0.371. The monoisotopic (exact) mass is 225 g/mol. The molecule has 0 aromatic carbocycles. The summed E-state index contributed by atoms with van der Waals surface area (Å²) in [6.07, 6.45) is 4.72. The minimum Gasteiger partial charge on any atom is -0.328 e. The SMILES string of the molecule is CC(NC1CCC(N)CC1)c1cscn1. The summed E-state index contributed by atoms with van der Waals surface area (Å²) < 4.78 is 0. The lowest BCUT2D eigenvalue weighted by atomic mass is 9.91. The Kier molecular flexibility index (Phi) is 3.72. The van der Waals surface area contributed by atoms with Gasteiger partial charge in [0.2, 0.25) is 0 Å². The van der Waals surface area contributed by atoms with Crippen molar-refractivity contribution in [3.63, 3.8) is 0 Å². The largest absolute Gasteiger partial charge is 0.328 e. The summed E-state index contributed by atoms with van der Waals surface area (Å²) in [6, 6.07) is 1.43. The van der Waals surface area contributed by atoms with Gasteiger partial charge in [-0.2, -0.15) is 0 Å². The average molecular weight is 225 g/mol. The van der Waals surface area contributed by atoms with Crippen molar-refractivity contribution >= 4 is 11.3 Å². The van der Waals surface area contributed by atoms with Crippen LogP contribution in [0.2, 0.25) is 0 Å². The Morgan fingerprint density at radius 1 is 1.47 bits per heavy atom. The second kappa shape index (κ2) is 5.05. The molecule has 0 amide bonds. The molecular weight excluding hydrogens is 206 g/mol. The molecule has 4 heteroatoms. The minimum absolute atomic E-state index is 0.371. The van der Waals surface area contributed by atoms with Crippen LogP contribution >= 0.6 is 11.3 Å². The van der Waals surface area contributed by atoms with Crippen LogP contribution in [0.3, 0.4) is 0 Å². The van der Waals surface area contributed by atoms with E-state index in [-0.39, 0.29) is 0 Å². The van der Waals surface area contributed by atoms with E-state index in [0.29, 0.717) is 18.1 Å². The molecule has 1 fully saturated rings. The fraction of sp³-hybridized carbons (Fsp3) is 0.727. The Balaban J connectivity index is 1.82. The second-order valence-corrected chi connectivity index (χ2v) is 5.13. The van der Waals surface area contributed by atoms with Gasteiger partial charge in [0, 0.05) is 23.5 Å². The van der Waals surface area contributed by atoms with Crippen molar-refractivity contribution in [3.8, 4) is 0 Å². The maximum Gasteiger partial charge on any atom is 0.0795 e. The zero-order valence-corrected chi connectivity index (χ0v) is 9.96. The number of aromatic nitrogens is 1. The highest BCUT2D eigenvalue weighted by Gasteiger charge is 2.20. The lowest BCUT2D eigenvalue weighted by Gasteiger charge is -2.29. The molecule has 0 bridgehead atoms. The molecule has 0 aliphatic heterocycles. The van der Waals surface area contributed by atoms with Gasteiger partial charge in [0.25, 0.3) is 0 Å². The van der Waals surface area contributed by atoms with Crippen molar-refractivity contribution in [1.29, 1.82) is 0 Å². The van der Waals surface area contributed by atoms with Gasteiger partial charge in [0.15, 0.2) is 0 Å². The van der Waals surface area contributed by atoms with Crippen LogP contribution in [0, 0.1) is 0 Å². The van der Waals surface area contributed by atoms with Gasteiger partial charge in [0.1, 0.15) is 0 Å². The highest BCUT2D eigenvalue weighted by atomic mass is 32.1. The normalized spacial score (nSPS) is 28.9. The van der Waals surface area contributed by atoms with E-state index in [0.717, 1.165) is 18.5 Å². The molecule has 3 nitrogen and oxygen atoms in total. The Bertz CT molecular complexity index is 278. The molecule has 1 saturated carbocycles. The van der Waals surface area contributed by atoms with Crippen molar-refractivity contribution in [1.82, 2.24) is 10.3 Å². The summed E-state index contributed by atoms with van der Waals surface area (Å²) in [6.45, 7) is 2.18. The topological polar surface area (TPSA) is 50.9 Å². The van der Waals surface area contributed by atoms with Gasteiger partial charge < -0.3 is 11.1 Å². The average Bonchev–Trinajstić information content (AvgIpc) is 2.74. The van der Waals surface area contributed by atoms with Crippen LogP contribution in [-0.4, -0.2) is 17.1 Å². The van der Waals surface area contributed by atoms with Crippen molar-refractivity contribution in [3.05, 3.63) is 16.6 Å². The maximum atomic E-state index is 5.88. The molecule has 84 valence electrons. The smallest absolute Gasteiger partial charge is 0.0795 e. The molecule has 1 aromatic rings. The van der Waals surface area contributed by atoms with Crippen LogP contribution in [0.5, 0.6) is 0 Å². The predicted octanol–water partition coefficient (Wildman–Crippen LogP) is 2.06. The van der Waals surface area contributed by atoms with E-state index in [4.69, 9.17) is 5.73 Å². The molecule has 1 heterocycles. The van der Waals surface area contributed by atoms with Gasteiger partial charge in [-0.1, -0.05) is 0 Å². The molecule has 3 N–H and O–H groups in total. The Morgan fingerprint density at radius 3 is 2.80 bits per heavy atom. The summed E-state index contributed by atoms with van der Waals surface area (Å²) in [5, 5.41) is 5.75. The standard InChI is InChI=1S/C11H19N3S/c1-8(11-6-15-7-13-11)14-10-4-2-9(12)3-5-10/h6-10,14H,2-5,12H2,1H3. The van der Waals surface area contributed by atoms with Gasteiger partial charge in [-0.15, -0.1) is 11.3 Å². The van der Waals surface area contributed by atoms with E-state index in [1.807, 2.05) is 5.51 Å². The van der Waals surface area contributed by atoms with E-state index in [1.165, 1.54) is 12.8 Å². The maximum absolute atomic E-state index is 5.88. The third-order valence-corrected chi connectivity index (χ3v) is 3.76. The third-order valence-electron chi connectivity index (χ3n) is 3.15. The molecule has 0 spiro atoms. The summed E-state index contributed by atoms with van der Waals surface area (Å²) in [7, 11) is 0. The number of nitrogens with zero attached hydrogens (tertiary/aromatic N) is 1.